The number of ketones is 1. The molecule has 6 heteroatoms. The van der Waals surface area contributed by atoms with Crippen LogP contribution in [0.2, 0.25) is 0 Å². The summed E-state index contributed by atoms with van der Waals surface area (Å²) in [5, 5.41) is 5.37. The first-order chi connectivity index (χ1) is 11.0. The predicted molar refractivity (Wildman–Crippen MR) is 90.7 cm³/mol. The van der Waals surface area contributed by atoms with E-state index >= 15 is 0 Å². The van der Waals surface area contributed by atoms with Gasteiger partial charge < -0.3 is 10.6 Å². The van der Waals surface area contributed by atoms with Gasteiger partial charge in [-0.3, -0.25) is 14.4 Å². The standard InChI is InChI=1S/C17H23ClN2O3/c1-13-4-6-14(7-5-13)15(21)8-9-17(23)20-12-11-19-16(22)3-2-10-18/h4-7H,2-3,8-12H2,1H3,(H,19,22)(H,20,23). The topological polar surface area (TPSA) is 75.3 Å². The number of aryl methyl sites for hydroxylation is 1. The molecule has 1 rings (SSSR count). The number of hydrogen-bond acceptors (Lipinski definition) is 3. The number of benzene rings is 1. The van der Waals surface area contributed by atoms with Gasteiger partial charge in [0.15, 0.2) is 5.78 Å². The Hall–Kier alpha value is -1.88. The maximum Gasteiger partial charge on any atom is 0.220 e. The Morgan fingerprint density at radius 1 is 0.913 bits per heavy atom. The van der Waals surface area contributed by atoms with Gasteiger partial charge >= 0.3 is 0 Å². The molecule has 5 nitrogen and oxygen atoms in total. The molecule has 0 saturated heterocycles. The van der Waals surface area contributed by atoms with Crippen LogP contribution in [0.5, 0.6) is 0 Å². The van der Waals surface area contributed by atoms with Crippen LogP contribution in [-0.2, 0) is 9.59 Å². The van der Waals surface area contributed by atoms with Crippen molar-refractivity contribution >= 4 is 29.2 Å². The number of Topliss-reactive ketones (excluding diaryl/α,β-unsaturated/α-hetero) is 1. The van der Waals surface area contributed by atoms with Crippen LogP contribution in [0.4, 0.5) is 0 Å². The van der Waals surface area contributed by atoms with Crippen LogP contribution in [0.1, 0.15) is 41.6 Å². The monoisotopic (exact) mass is 338 g/mol. The highest BCUT2D eigenvalue weighted by Crippen LogP contribution is 2.07. The maximum absolute atomic E-state index is 11.9. The number of hydrogen-bond donors (Lipinski definition) is 2. The molecular weight excluding hydrogens is 316 g/mol. The number of alkyl halides is 1. The summed E-state index contributed by atoms with van der Waals surface area (Å²) >= 11 is 5.50. The van der Waals surface area contributed by atoms with E-state index in [2.05, 4.69) is 10.6 Å². The summed E-state index contributed by atoms with van der Waals surface area (Å²) in [5.41, 5.74) is 1.71. The smallest absolute Gasteiger partial charge is 0.220 e. The average Bonchev–Trinajstić information content (AvgIpc) is 2.55. The minimum atomic E-state index is -0.194. The lowest BCUT2D eigenvalue weighted by Gasteiger charge is -2.07. The van der Waals surface area contributed by atoms with Crippen LogP contribution in [0.25, 0.3) is 0 Å². The van der Waals surface area contributed by atoms with Gasteiger partial charge in [0.2, 0.25) is 11.8 Å². The van der Waals surface area contributed by atoms with Crippen LogP contribution in [0.15, 0.2) is 24.3 Å². The molecule has 23 heavy (non-hydrogen) atoms. The third-order valence-corrected chi connectivity index (χ3v) is 3.53. The molecule has 0 radical (unpaired) electrons. The van der Waals surface area contributed by atoms with E-state index in [-0.39, 0.29) is 30.4 Å². The van der Waals surface area contributed by atoms with Gasteiger partial charge in [-0.1, -0.05) is 29.8 Å². The Balaban J connectivity index is 2.15. The van der Waals surface area contributed by atoms with Crippen LogP contribution in [0, 0.1) is 6.92 Å². The Bertz CT molecular complexity index is 529. The minimum Gasteiger partial charge on any atom is -0.354 e. The first-order valence-electron chi connectivity index (χ1n) is 7.72. The van der Waals surface area contributed by atoms with E-state index in [0.29, 0.717) is 37.4 Å². The van der Waals surface area contributed by atoms with Crippen molar-refractivity contribution in [2.45, 2.75) is 32.6 Å². The van der Waals surface area contributed by atoms with Crippen molar-refractivity contribution in [2.75, 3.05) is 19.0 Å². The van der Waals surface area contributed by atoms with E-state index in [1.54, 1.807) is 12.1 Å². The van der Waals surface area contributed by atoms with Crippen LogP contribution >= 0.6 is 11.6 Å². The molecular formula is C17H23ClN2O3. The summed E-state index contributed by atoms with van der Waals surface area (Å²) in [7, 11) is 0. The van der Waals surface area contributed by atoms with Crippen LogP contribution in [0.3, 0.4) is 0 Å². The zero-order valence-corrected chi connectivity index (χ0v) is 14.1. The van der Waals surface area contributed by atoms with Gasteiger partial charge in [-0.2, -0.15) is 0 Å². The number of nitrogens with one attached hydrogen (secondary N) is 2. The van der Waals surface area contributed by atoms with E-state index in [1.165, 1.54) is 0 Å². The second-order valence-electron chi connectivity index (χ2n) is 5.28. The van der Waals surface area contributed by atoms with Crippen LogP contribution < -0.4 is 10.6 Å². The zero-order valence-electron chi connectivity index (χ0n) is 13.4. The fraction of sp³-hybridized carbons (Fsp3) is 0.471. The minimum absolute atomic E-state index is 0.0467. The van der Waals surface area contributed by atoms with Crippen molar-refractivity contribution in [3.8, 4) is 0 Å². The van der Waals surface area contributed by atoms with Crippen molar-refractivity contribution in [1.29, 1.82) is 0 Å². The molecule has 0 aliphatic heterocycles. The second kappa shape index (κ2) is 10.8. The molecule has 126 valence electrons. The highest BCUT2D eigenvalue weighted by atomic mass is 35.5. The Morgan fingerprint density at radius 3 is 2.04 bits per heavy atom. The van der Waals surface area contributed by atoms with E-state index in [4.69, 9.17) is 11.6 Å². The van der Waals surface area contributed by atoms with Gasteiger partial charge in [-0.15, -0.1) is 11.6 Å². The zero-order chi connectivity index (χ0) is 17.1. The van der Waals surface area contributed by atoms with Gasteiger partial charge in [-0.05, 0) is 13.3 Å². The molecule has 0 saturated carbocycles. The van der Waals surface area contributed by atoms with Gasteiger partial charge in [-0.25, -0.2) is 0 Å². The summed E-state index contributed by atoms with van der Waals surface area (Å²) < 4.78 is 0. The number of amides is 2. The molecule has 0 aliphatic rings. The lowest BCUT2D eigenvalue weighted by atomic mass is 10.1. The Labute approximate surface area is 141 Å². The normalized spacial score (nSPS) is 10.2. The average molecular weight is 339 g/mol. The Morgan fingerprint density at radius 2 is 1.48 bits per heavy atom. The molecule has 0 heterocycles. The fourth-order valence-electron chi connectivity index (χ4n) is 1.92. The lowest BCUT2D eigenvalue weighted by Crippen LogP contribution is -2.34. The lowest BCUT2D eigenvalue weighted by molar-refractivity contribution is -0.122. The van der Waals surface area contributed by atoms with Crippen LogP contribution in [-0.4, -0.2) is 36.6 Å². The quantitative estimate of drug-likeness (QED) is 0.390. The van der Waals surface area contributed by atoms with E-state index in [9.17, 15) is 14.4 Å². The van der Waals surface area contributed by atoms with E-state index in [1.807, 2.05) is 19.1 Å². The van der Waals surface area contributed by atoms with E-state index in [0.717, 1.165) is 5.56 Å². The molecule has 0 fully saturated rings. The summed E-state index contributed by atoms with van der Waals surface area (Å²) in [6.45, 7) is 2.68. The molecule has 1 aromatic carbocycles. The molecule has 2 N–H and O–H groups in total. The maximum atomic E-state index is 11.9. The molecule has 0 atom stereocenters. The van der Waals surface area contributed by atoms with E-state index < -0.39 is 0 Å². The fourth-order valence-corrected chi connectivity index (χ4v) is 2.05. The summed E-state index contributed by atoms with van der Waals surface area (Å²) in [6, 6.07) is 7.29. The largest absolute Gasteiger partial charge is 0.354 e. The first kappa shape index (κ1) is 19.2. The highest BCUT2D eigenvalue weighted by molar-refractivity contribution is 6.17. The highest BCUT2D eigenvalue weighted by Gasteiger charge is 2.09. The molecule has 0 bridgehead atoms. The molecule has 0 spiro atoms. The molecule has 2 amide bonds. The van der Waals surface area contributed by atoms with Gasteiger partial charge in [0.1, 0.15) is 0 Å². The van der Waals surface area contributed by atoms with Gasteiger partial charge in [0, 0.05) is 43.8 Å². The van der Waals surface area contributed by atoms with Gasteiger partial charge in [0.05, 0.1) is 0 Å². The third kappa shape index (κ3) is 8.35. The number of halogens is 1. The summed E-state index contributed by atoms with van der Waals surface area (Å²) in [4.78, 5) is 34.9. The SMILES string of the molecule is Cc1ccc(C(=O)CCC(=O)NCCNC(=O)CCCCl)cc1. The molecule has 0 aromatic heterocycles. The number of rotatable bonds is 10. The second-order valence-corrected chi connectivity index (χ2v) is 5.66. The molecule has 0 unspecified atom stereocenters. The number of carbonyl (C=O) groups excluding carboxylic acids is 3. The van der Waals surface area contributed by atoms with Gasteiger partial charge in [0.25, 0.3) is 0 Å². The predicted octanol–water partition coefficient (Wildman–Crippen LogP) is 2.21. The van der Waals surface area contributed by atoms with Crippen molar-refractivity contribution < 1.29 is 14.4 Å². The third-order valence-electron chi connectivity index (χ3n) is 3.26. The summed E-state index contributed by atoms with van der Waals surface area (Å²) in [5.74, 6) is 0.142. The molecule has 0 aliphatic carbocycles. The summed E-state index contributed by atoms with van der Waals surface area (Å²) in [6.07, 6.45) is 1.35. The Kier molecular flexibility index (Phi) is 8.98. The van der Waals surface area contributed by atoms with Crippen molar-refractivity contribution in [2.24, 2.45) is 0 Å². The first-order valence-corrected chi connectivity index (χ1v) is 8.25. The van der Waals surface area contributed by atoms with Crippen molar-refractivity contribution in [1.82, 2.24) is 10.6 Å². The number of carbonyl (C=O) groups is 3. The van der Waals surface area contributed by atoms with Crippen molar-refractivity contribution in [3.63, 3.8) is 0 Å². The molecule has 1 aromatic rings. The van der Waals surface area contributed by atoms with Crippen molar-refractivity contribution in [3.05, 3.63) is 35.4 Å².